The summed E-state index contributed by atoms with van der Waals surface area (Å²) in [6.07, 6.45) is 1.75. The maximum Gasteiger partial charge on any atom is 0.0313 e. The lowest BCUT2D eigenvalue weighted by Gasteiger charge is -1.83. The van der Waals surface area contributed by atoms with Crippen LogP contribution in [-0.2, 0) is 0 Å². The van der Waals surface area contributed by atoms with E-state index in [1.54, 1.807) is 6.08 Å². The molecule has 0 fully saturated rings. The van der Waals surface area contributed by atoms with Crippen LogP contribution in [0.3, 0.4) is 0 Å². The van der Waals surface area contributed by atoms with Gasteiger partial charge in [0, 0.05) is 5.69 Å². The van der Waals surface area contributed by atoms with Crippen LogP contribution in [0, 0.1) is 0 Å². The summed E-state index contributed by atoms with van der Waals surface area (Å²) >= 11 is 0. The fourth-order valence-corrected chi connectivity index (χ4v) is 0.453. The van der Waals surface area contributed by atoms with Crippen molar-refractivity contribution in [2.45, 2.75) is 20.8 Å². The molecule has 1 aromatic rings. The van der Waals surface area contributed by atoms with Crippen molar-refractivity contribution in [2.24, 2.45) is 0 Å². The van der Waals surface area contributed by atoms with Gasteiger partial charge in [-0.2, -0.15) is 0 Å². The Balaban J connectivity index is 0. The van der Waals surface area contributed by atoms with Crippen molar-refractivity contribution < 1.29 is 0 Å². The van der Waals surface area contributed by atoms with E-state index in [2.05, 4.69) is 6.58 Å². The summed E-state index contributed by atoms with van der Waals surface area (Å²) in [5.74, 6) is 0. The van der Waals surface area contributed by atoms with E-state index in [-0.39, 0.29) is 0 Å². The van der Waals surface area contributed by atoms with Crippen LogP contribution in [0.1, 0.15) is 20.8 Å². The molecule has 0 bridgehead atoms. The summed E-state index contributed by atoms with van der Waals surface area (Å²) in [5, 5.41) is 0. The molecule has 0 saturated heterocycles. The highest BCUT2D eigenvalue weighted by molar-refractivity contribution is 5.35. The zero-order chi connectivity index (χ0) is 9.82. The Morgan fingerprint density at radius 2 is 1.50 bits per heavy atom. The molecule has 1 aromatic carbocycles. The first kappa shape index (κ1) is 13.4. The molecule has 0 aliphatic carbocycles. The maximum absolute atomic E-state index is 5.36. The van der Waals surface area contributed by atoms with Gasteiger partial charge in [-0.15, -0.1) is 6.58 Å². The summed E-state index contributed by atoms with van der Waals surface area (Å²) in [5.41, 5.74) is 6.18. The third-order valence-electron chi connectivity index (χ3n) is 0.800. The molecule has 0 heterocycles. The molecule has 0 radical (unpaired) electrons. The Bertz CT molecular complexity index is 168. The molecule has 1 heteroatoms. The molecule has 0 unspecified atom stereocenters. The average Bonchev–Trinajstić information content (AvgIpc) is 2.11. The van der Waals surface area contributed by atoms with Gasteiger partial charge in [0.2, 0.25) is 0 Å². The number of para-hydroxylation sites is 1. The van der Waals surface area contributed by atoms with Crippen LogP contribution in [-0.4, -0.2) is 0 Å². The molecule has 1 rings (SSSR count). The van der Waals surface area contributed by atoms with Crippen LogP contribution in [0.25, 0.3) is 0 Å². The number of hydrogen-bond acceptors (Lipinski definition) is 1. The second-order valence-corrected chi connectivity index (χ2v) is 1.82. The number of allylic oxidation sites excluding steroid dienone is 1. The van der Waals surface area contributed by atoms with Crippen molar-refractivity contribution in [1.29, 1.82) is 0 Å². The molecular weight excluding hydrogens is 146 g/mol. The summed E-state index contributed by atoms with van der Waals surface area (Å²) in [6.45, 7) is 9.25. The molecule has 0 aliphatic rings. The molecule has 1 nitrogen and oxygen atoms in total. The lowest BCUT2D eigenvalue weighted by molar-refractivity contribution is 1.50. The lowest BCUT2D eigenvalue weighted by atomic mass is 10.3. The highest BCUT2D eigenvalue weighted by atomic mass is 14.5. The molecule has 0 spiro atoms. The van der Waals surface area contributed by atoms with E-state index in [9.17, 15) is 0 Å². The number of nitrogens with two attached hydrogens (primary N) is 1. The summed E-state index contributed by atoms with van der Waals surface area (Å²) in [4.78, 5) is 0. The van der Waals surface area contributed by atoms with Gasteiger partial charge >= 0.3 is 0 Å². The maximum atomic E-state index is 5.36. The molecule has 0 atom stereocenters. The van der Waals surface area contributed by atoms with Crippen molar-refractivity contribution in [1.82, 2.24) is 0 Å². The topological polar surface area (TPSA) is 26.0 Å². The normalized spacial score (nSPS) is 6.58. The third-order valence-corrected chi connectivity index (χ3v) is 0.800. The highest BCUT2D eigenvalue weighted by Crippen LogP contribution is 1.95. The van der Waals surface area contributed by atoms with Gasteiger partial charge in [0.05, 0.1) is 0 Å². The Morgan fingerprint density at radius 1 is 1.17 bits per heavy atom. The molecular formula is C11H19N. The lowest BCUT2D eigenvalue weighted by Crippen LogP contribution is -1.79. The monoisotopic (exact) mass is 165 g/mol. The Kier molecular flexibility index (Phi) is 13.8. The Labute approximate surface area is 75.9 Å². The summed E-state index contributed by atoms with van der Waals surface area (Å²) < 4.78 is 0. The van der Waals surface area contributed by atoms with Crippen molar-refractivity contribution >= 4 is 5.69 Å². The van der Waals surface area contributed by atoms with E-state index in [0.717, 1.165) is 5.69 Å². The number of nitrogen functional groups attached to an aromatic ring is 1. The zero-order valence-electron chi connectivity index (χ0n) is 8.25. The van der Waals surface area contributed by atoms with E-state index in [0.29, 0.717) is 0 Å². The number of hydrogen-bond donors (Lipinski definition) is 1. The molecule has 68 valence electrons. The SMILES string of the molecule is C=CC.CC.Nc1ccccc1. The quantitative estimate of drug-likeness (QED) is 0.462. The van der Waals surface area contributed by atoms with Crippen LogP contribution in [0.2, 0.25) is 0 Å². The van der Waals surface area contributed by atoms with Gasteiger partial charge < -0.3 is 5.73 Å². The smallest absolute Gasteiger partial charge is 0.0313 e. The van der Waals surface area contributed by atoms with E-state index in [4.69, 9.17) is 5.73 Å². The number of rotatable bonds is 0. The molecule has 0 amide bonds. The van der Waals surface area contributed by atoms with Gasteiger partial charge in [-0.1, -0.05) is 38.1 Å². The van der Waals surface area contributed by atoms with Gasteiger partial charge in [-0.05, 0) is 19.1 Å². The summed E-state index contributed by atoms with van der Waals surface area (Å²) in [7, 11) is 0. The molecule has 0 aromatic heterocycles. The standard InChI is InChI=1S/C6H7N.C3H6.C2H6/c7-6-4-2-1-3-5-6;1-3-2;1-2/h1-5H,7H2;3H,1H2,2H3;1-2H3. The van der Waals surface area contributed by atoms with Gasteiger partial charge in [0.1, 0.15) is 0 Å². The Hall–Kier alpha value is -1.24. The third kappa shape index (κ3) is 11.5. The number of benzene rings is 1. The van der Waals surface area contributed by atoms with Gasteiger partial charge in [-0.3, -0.25) is 0 Å². The largest absolute Gasteiger partial charge is 0.399 e. The number of anilines is 1. The van der Waals surface area contributed by atoms with Crippen LogP contribution in [0.4, 0.5) is 5.69 Å². The Morgan fingerprint density at radius 3 is 1.67 bits per heavy atom. The van der Waals surface area contributed by atoms with E-state index >= 15 is 0 Å². The summed E-state index contributed by atoms with van der Waals surface area (Å²) in [6, 6.07) is 9.49. The molecule has 0 saturated carbocycles. The zero-order valence-corrected chi connectivity index (χ0v) is 8.25. The fraction of sp³-hybridized carbons (Fsp3) is 0.273. The van der Waals surface area contributed by atoms with E-state index < -0.39 is 0 Å². The van der Waals surface area contributed by atoms with Gasteiger partial charge in [-0.25, -0.2) is 0 Å². The second kappa shape index (κ2) is 12.4. The predicted molar refractivity (Wildman–Crippen MR) is 58.1 cm³/mol. The molecule has 0 aliphatic heterocycles. The highest BCUT2D eigenvalue weighted by Gasteiger charge is 1.72. The first-order chi connectivity index (χ1) is 5.81. The minimum Gasteiger partial charge on any atom is -0.399 e. The predicted octanol–water partition coefficient (Wildman–Crippen LogP) is 3.49. The van der Waals surface area contributed by atoms with Crippen LogP contribution >= 0.6 is 0 Å². The van der Waals surface area contributed by atoms with Crippen LogP contribution < -0.4 is 5.73 Å². The average molecular weight is 165 g/mol. The van der Waals surface area contributed by atoms with Crippen molar-refractivity contribution in [3.8, 4) is 0 Å². The minimum atomic E-state index is 0.822. The van der Waals surface area contributed by atoms with E-state index in [1.807, 2.05) is 51.1 Å². The van der Waals surface area contributed by atoms with Gasteiger partial charge in [0.25, 0.3) is 0 Å². The van der Waals surface area contributed by atoms with Gasteiger partial charge in [0.15, 0.2) is 0 Å². The minimum absolute atomic E-state index is 0.822. The first-order valence-electron chi connectivity index (χ1n) is 4.18. The van der Waals surface area contributed by atoms with Crippen molar-refractivity contribution in [2.75, 3.05) is 5.73 Å². The fourth-order valence-electron chi connectivity index (χ4n) is 0.453. The van der Waals surface area contributed by atoms with E-state index in [1.165, 1.54) is 0 Å². The van der Waals surface area contributed by atoms with Crippen LogP contribution in [0.15, 0.2) is 43.0 Å². The van der Waals surface area contributed by atoms with Crippen molar-refractivity contribution in [3.05, 3.63) is 43.0 Å². The second-order valence-electron chi connectivity index (χ2n) is 1.82. The molecule has 12 heavy (non-hydrogen) atoms. The first-order valence-corrected chi connectivity index (χ1v) is 4.18. The van der Waals surface area contributed by atoms with Crippen LogP contribution in [0.5, 0.6) is 0 Å². The molecule has 2 N–H and O–H groups in total. The van der Waals surface area contributed by atoms with Crippen molar-refractivity contribution in [3.63, 3.8) is 0 Å².